The zero-order valence-electron chi connectivity index (χ0n) is 18.8. The van der Waals surface area contributed by atoms with Crippen molar-refractivity contribution in [2.75, 3.05) is 19.6 Å². The highest BCUT2D eigenvalue weighted by Crippen LogP contribution is 2.32. The largest absolute Gasteiger partial charge is 0.361 e. The van der Waals surface area contributed by atoms with E-state index < -0.39 is 0 Å². The number of nitrogens with zero attached hydrogens (tertiary/aromatic N) is 4. The fraction of sp³-hybridized carbons (Fsp3) is 0.333. The summed E-state index contributed by atoms with van der Waals surface area (Å²) in [6, 6.07) is 5.98. The van der Waals surface area contributed by atoms with Gasteiger partial charge in [-0.15, -0.1) is 0 Å². The lowest BCUT2D eigenvalue weighted by atomic mass is 9.99. The van der Waals surface area contributed by atoms with Crippen LogP contribution in [0, 0.1) is 6.92 Å². The molecule has 0 aromatic carbocycles. The van der Waals surface area contributed by atoms with E-state index in [0.717, 1.165) is 54.4 Å². The van der Waals surface area contributed by atoms with Crippen molar-refractivity contribution in [3.63, 3.8) is 0 Å². The van der Waals surface area contributed by atoms with Crippen molar-refractivity contribution in [3.05, 3.63) is 76.0 Å². The second kappa shape index (κ2) is 9.74. The number of hydrogen-bond acceptors (Lipinski definition) is 5. The molecule has 0 radical (unpaired) electrons. The number of likely N-dealkylation sites (N-methyl/N-ethyl adjacent to an activating group) is 1. The third-order valence-corrected chi connectivity index (χ3v) is 5.91. The van der Waals surface area contributed by atoms with Crippen LogP contribution in [0.4, 0.5) is 0 Å². The van der Waals surface area contributed by atoms with Gasteiger partial charge in [0, 0.05) is 54.7 Å². The number of aromatic amines is 3. The van der Waals surface area contributed by atoms with Crippen LogP contribution < -0.4 is 5.56 Å². The van der Waals surface area contributed by atoms with Gasteiger partial charge in [-0.05, 0) is 44.1 Å². The maximum atomic E-state index is 12.2. The Labute approximate surface area is 187 Å². The van der Waals surface area contributed by atoms with Gasteiger partial charge in [0.25, 0.3) is 5.56 Å². The number of nitrogens with one attached hydrogen (secondary N) is 3. The zero-order chi connectivity index (χ0) is 22.5. The molecule has 3 N–H and O–H groups in total. The second-order valence-electron chi connectivity index (χ2n) is 7.76. The van der Waals surface area contributed by atoms with Gasteiger partial charge in [-0.3, -0.25) is 24.8 Å². The Morgan fingerprint density at radius 2 is 1.84 bits per heavy atom. The number of aromatic nitrogens is 6. The van der Waals surface area contributed by atoms with Crippen LogP contribution in [0.5, 0.6) is 0 Å². The van der Waals surface area contributed by atoms with E-state index in [0.29, 0.717) is 17.7 Å². The van der Waals surface area contributed by atoms with Gasteiger partial charge >= 0.3 is 0 Å². The summed E-state index contributed by atoms with van der Waals surface area (Å²) >= 11 is 0. The van der Waals surface area contributed by atoms with Crippen molar-refractivity contribution in [1.29, 1.82) is 0 Å². The highest BCUT2D eigenvalue weighted by Gasteiger charge is 2.21. The maximum Gasteiger partial charge on any atom is 0.273 e. The quantitative estimate of drug-likeness (QED) is 0.377. The van der Waals surface area contributed by atoms with Crippen LogP contribution in [-0.4, -0.2) is 54.7 Å². The van der Waals surface area contributed by atoms with Crippen molar-refractivity contribution >= 4 is 0 Å². The molecule has 0 fully saturated rings. The molecule has 0 saturated heterocycles. The van der Waals surface area contributed by atoms with E-state index in [2.05, 4.69) is 55.8 Å². The van der Waals surface area contributed by atoms with Crippen LogP contribution in [0.1, 0.15) is 36.5 Å². The Balaban J connectivity index is 1.77. The summed E-state index contributed by atoms with van der Waals surface area (Å²) in [6.07, 6.45) is 8.18. The summed E-state index contributed by atoms with van der Waals surface area (Å²) in [5.41, 5.74) is 7.10. The molecule has 4 aromatic rings. The number of hydrogen-bond donors (Lipinski definition) is 3. The van der Waals surface area contributed by atoms with E-state index in [1.807, 2.05) is 24.4 Å². The number of H-pyrrole nitrogens is 3. The Bertz CT molecular complexity index is 1220. The first-order chi connectivity index (χ1) is 15.6. The van der Waals surface area contributed by atoms with Gasteiger partial charge in [0.1, 0.15) is 0 Å². The number of rotatable bonds is 9. The van der Waals surface area contributed by atoms with Crippen LogP contribution in [0.2, 0.25) is 0 Å². The minimum absolute atomic E-state index is 0.209. The van der Waals surface area contributed by atoms with Crippen molar-refractivity contribution < 1.29 is 0 Å². The average Bonchev–Trinajstić information content (AvgIpc) is 3.38. The smallest absolute Gasteiger partial charge is 0.273 e. The standard InChI is InChI=1S/C24H29N7O/c1-4-31(5-2)13-9-17-16(3)29-20(22(17)19-8-6-7-10-25-19)14-21-23(27-12-11-26-21)18-15-28-30-24(18)32/h6-8,10-12,15,29H,4-5,9,13-14H2,1-3H3,(H2,28,30,32). The molecule has 0 spiro atoms. The molecule has 0 bridgehead atoms. The van der Waals surface area contributed by atoms with Crippen molar-refractivity contribution in [2.24, 2.45) is 0 Å². The molecule has 4 heterocycles. The maximum absolute atomic E-state index is 12.2. The van der Waals surface area contributed by atoms with Crippen LogP contribution in [0.3, 0.4) is 0 Å². The van der Waals surface area contributed by atoms with Gasteiger partial charge in [-0.1, -0.05) is 19.9 Å². The predicted molar refractivity (Wildman–Crippen MR) is 125 cm³/mol. The average molecular weight is 432 g/mol. The molecular weight excluding hydrogens is 402 g/mol. The molecule has 0 unspecified atom stereocenters. The molecule has 8 nitrogen and oxygen atoms in total. The van der Waals surface area contributed by atoms with E-state index in [9.17, 15) is 4.79 Å². The van der Waals surface area contributed by atoms with Crippen molar-refractivity contribution in [3.8, 4) is 22.5 Å². The third kappa shape index (κ3) is 4.40. The van der Waals surface area contributed by atoms with E-state index in [-0.39, 0.29) is 5.56 Å². The molecular formula is C24H29N7O. The molecule has 0 atom stereocenters. The lowest BCUT2D eigenvalue weighted by molar-refractivity contribution is 0.308. The van der Waals surface area contributed by atoms with Gasteiger partial charge in [0.15, 0.2) is 0 Å². The topological polar surface area (TPSA) is 106 Å². The van der Waals surface area contributed by atoms with Gasteiger partial charge in [-0.2, -0.15) is 0 Å². The van der Waals surface area contributed by atoms with E-state index in [1.165, 1.54) is 5.56 Å². The van der Waals surface area contributed by atoms with E-state index in [1.54, 1.807) is 18.6 Å². The summed E-state index contributed by atoms with van der Waals surface area (Å²) in [4.78, 5) is 31.9. The normalized spacial score (nSPS) is 11.4. The number of aryl methyl sites for hydroxylation is 1. The first kappa shape index (κ1) is 21.7. The lowest BCUT2D eigenvalue weighted by Crippen LogP contribution is -2.25. The molecule has 0 aliphatic rings. The minimum Gasteiger partial charge on any atom is -0.361 e. The van der Waals surface area contributed by atoms with Crippen molar-refractivity contribution in [2.45, 2.75) is 33.6 Å². The van der Waals surface area contributed by atoms with Gasteiger partial charge in [0.05, 0.1) is 22.6 Å². The predicted octanol–water partition coefficient (Wildman–Crippen LogP) is 3.33. The summed E-state index contributed by atoms with van der Waals surface area (Å²) in [6.45, 7) is 9.54. The second-order valence-corrected chi connectivity index (χ2v) is 7.76. The van der Waals surface area contributed by atoms with Gasteiger partial charge < -0.3 is 15.0 Å². The Kier molecular flexibility index (Phi) is 6.61. The Hall–Kier alpha value is -3.52. The molecule has 4 rings (SSSR count). The lowest BCUT2D eigenvalue weighted by Gasteiger charge is -2.18. The van der Waals surface area contributed by atoms with E-state index in [4.69, 9.17) is 0 Å². The fourth-order valence-electron chi connectivity index (χ4n) is 4.18. The highest BCUT2D eigenvalue weighted by molar-refractivity contribution is 5.70. The van der Waals surface area contributed by atoms with E-state index >= 15 is 0 Å². The zero-order valence-corrected chi connectivity index (χ0v) is 18.8. The van der Waals surface area contributed by atoms with Crippen LogP contribution in [0.15, 0.2) is 47.8 Å². The molecule has 0 saturated carbocycles. The Morgan fingerprint density at radius 1 is 1.03 bits per heavy atom. The SMILES string of the molecule is CCN(CC)CCc1c(C)[nH]c(Cc2nccnc2-c2c[nH][nH]c2=O)c1-c1ccccn1. The first-order valence-electron chi connectivity index (χ1n) is 11.0. The minimum atomic E-state index is -0.209. The molecule has 0 amide bonds. The van der Waals surface area contributed by atoms with Crippen LogP contribution in [0.25, 0.3) is 22.5 Å². The third-order valence-electron chi connectivity index (χ3n) is 5.91. The highest BCUT2D eigenvalue weighted by atomic mass is 16.1. The van der Waals surface area contributed by atoms with Crippen LogP contribution in [-0.2, 0) is 12.8 Å². The molecule has 32 heavy (non-hydrogen) atoms. The summed E-state index contributed by atoms with van der Waals surface area (Å²) in [7, 11) is 0. The van der Waals surface area contributed by atoms with Gasteiger partial charge in [-0.25, -0.2) is 0 Å². The summed E-state index contributed by atoms with van der Waals surface area (Å²) in [5, 5.41) is 5.32. The molecule has 0 aliphatic heterocycles. The summed E-state index contributed by atoms with van der Waals surface area (Å²) < 4.78 is 0. The summed E-state index contributed by atoms with van der Waals surface area (Å²) in [5.74, 6) is 0. The van der Waals surface area contributed by atoms with Crippen molar-refractivity contribution in [1.82, 2.24) is 35.0 Å². The molecule has 4 aromatic heterocycles. The monoisotopic (exact) mass is 431 g/mol. The van der Waals surface area contributed by atoms with Gasteiger partial charge in [0.2, 0.25) is 0 Å². The van der Waals surface area contributed by atoms with Crippen LogP contribution >= 0.6 is 0 Å². The Morgan fingerprint density at radius 3 is 2.53 bits per heavy atom. The fourth-order valence-corrected chi connectivity index (χ4v) is 4.18. The molecule has 0 aliphatic carbocycles. The molecule has 166 valence electrons. The number of pyridine rings is 1. The first-order valence-corrected chi connectivity index (χ1v) is 11.0. The molecule has 8 heteroatoms.